The number of benzene rings is 2. The minimum atomic E-state index is -1.07. The quantitative estimate of drug-likeness (QED) is 0.440. The van der Waals surface area contributed by atoms with Gasteiger partial charge in [-0.05, 0) is 68.0 Å². The summed E-state index contributed by atoms with van der Waals surface area (Å²) in [6.45, 7) is 2.44. The minimum Gasteiger partial charge on any atom is -0.497 e. The molecule has 178 valence electrons. The van der Waals surface area contributed by atoms with Crippen molar-refractivity contribution in [2.75, 3.05) is 13.7 Å². The van der Waals surface area contributed by atoms with Crippen LogP contribution in [0.4, 0.5) is 4.39 Å². The first-order chi connectivity index (χ1) is 16.3. The largest absolute Gasteiger partial charge is 0.497 e. The van der Waals surface area contributed by atoms with Gasteiger partial charge in [0.1, 0.15) is 16.6 Å². The van der Waals surface area contributed by atoms with Gasteiger partial charge in [-0.15, -0.1) is 11.3 Å². The molecule has 1 fully saturated rings. The molecule has 0 radical (unpaired) electrons. The van der Waals surface area contributed by atoms with Crippen LogP contribution in [0.5, 0.6) is 5.75 Å². The maximum absolute atomic E-state index is 13.8. The number of thiazole rings is 1. The molecule has 1 aliphatic carbocycles. The first-order valence-electron chi connectivity index (χ1n) is 11.2. The number of aromatic nitrogens is 1. The summed E-state index contributed by atoms with van der Waals surface area (Å²) in [6.07, 6.45) is 2.81. The highest BCUT2D eigenvalue weighted by molar-refractivity contribution is 7.11. The van der Waals surface area contributed by atoms with Crippen molar-refractivity contribution in [3.8, 4) is 5.75 Å². The highest BCUT2D eigenvalue weighted by Gasteiger charge is 2.53. The fraction of sp³-hybridized carbons (Fsp3) is 0.346. The van der Waals surface area contributed by atoms with Crippen molar-refractivity contribution in [2.45, 2.75) is 44.6 Å². The smallest absolute Gasteiger partial charge is 0.355 e. The average molecular weight is 483 g/mol. The van der Waals surface area contributed by atoms with E-state index in [1.165, 1.54) is 23.5 Å². The van der Waals surface area contributed by atoms with Crippen molar-refractivity contribution in [3.05, 3.63) is 81.1 Å². The molecule has 4 rings (SSSR count). The van der Waals surface area contributed by atoms with E-state index >= 15 is 0 Å². The van der Waals surface area contributed by atoms with Crippen LogP contribution in [0.15, 0.2) is 48.5 Å². The van der Waals surface area contributed by atoms with Gasteiger partial charge in [0.2, 0.25) is 5.91 Å². The number of ether oxygens (including phenoxy) is 1. The molecule has 34 heavy (non-hydrogen) atoms. The molecule has 0 spiro atoms. The van der Waals surface area contributed by atoms with Gasteiger partial charge in [0.15, 0.2) is 5.69 Å². The SMILES string of the molecule is COc1ccc(C2(C(=O)N(CCCc3cccc(F)c3)Cc3nc(C(=O)O)c(C)s3)CC2)cc1. The second kappa shape index (κ2) is 9.93. The zero-order valence-corrected chi connectivity index (χ0v) is 20.0. The number of carbonyl (C=O) groups is 2. The van der Waals surface area contributed by atoms with Crippen LogP contribution in [0.2, 0.25) is 0 Å². The Balaban J connectivity index is 1.55. The van der Waals surface area contributed by atoms with Crippen LogP contribution in [-0.4, -0.2) is 40.5 Å². The zero-order valence-electron chi connectivity index (χ0n) is 19.2. The third-order valence-corrected chi connectivity index (χ3v) is 7.20. The Labute approximate surface area is 202 Å². The maximum atomic E-state index is 13.8. The van der Waals surface area contributed by atoms with E-state index < -0.39 is 11.4 Å². The van der Waals surface area contributed by atoms with Crippen LogP contribution in [0.25, 0.3) is 0 Å². The standard InChI is InChI=1S/C26H27FN2O4S/c1-17-23(24(30)31)28-22(34-17)16-29(14-4-6-18-5-3-7-20(27)15-18)25(32)26(12-13-26)19-8-10-21(33-2)11-9-19/h3,5,7-11,15H,4,6,12-14,16H2,1-2H3,(H,30,31). The third-order valence-electron chi connectivity index (χ3n) is 6.24. The summed E-state index contributed by atoms with van der Waals surface area (Å²) in [6, 6.07) is 14.1. The molecule has 8 heteroatoms. The average Bonchev–Trinajstić information content (AvgIpc) is 3.55. The monoisotopic (exact) mass is 482 g/mol. The predicted molar refractivity (Wildman–Crippen MR) is 128 cm³/mol. The van der Waals surface area contributed by atoms with E-state index in [0.717, 1.165) is 29.7 Å². The number of carbonyl (C=O) groups excluding carboxylic acids is 1. The topological polar surface area (TPSA) is 79.7 Å². The first-order valence-corrected chi connectivity index (χ1v) is 12.0. The van der Waals surface area contributed by atoms with Gasteiger partial charge >= 0.3 is 5.97 Å². The molecule has 1 N–H and O–H groups in total. The van der Waals surface area contributed by atoms with Gasteiger partial charge < -0.3 is 14.7 Å². The molecule has 0 bridgehead atoms. The molecule has 0 aliphatic heterocycles. The lowest BCUT2D eigenvalue weighted by molar-refractivity contribution is -0.134. The molecular formula is C26H27FN2O4S. The summed E-state index contributed by atoms with van der Waals surface area (Å²) in [4.78, 5) is 31.9. The van der Waals surface area contributed by atoms with Crippen LogP contribution < -0.4 is 4.74 Å². The molecule has 0 saturated heterocycles. The number of carboxylic acid groups (broad SMARTS) is 1. The van der Waals surface area contributed by atoms with E-state index in [0.29, 0.717) is 29.3 Å². The Morgan fingerprint density at radius 3 is 2.53 bits per heavy atom. The lowest BCUT2D eigenvalue weighted by atomic mass is 9.94. The third kappa shape index (κ3) is 5.12. The van der Waals surface area contributed by atoms with E-state index in [2.05, 4.69) is 4.98 Å². The number of aryl methyl sites for hydroxylation is 2. The Kier molecular flexibility index (Phi) is 6.97. The summed E-state index contributed by atoms with van der Waals surface area (Å²) in [5.41, 5.74) is 1.29. The second-order valence-corrected chi connectivity index (χ2v) is 9.88. The van der Waals surface area contributed by atoms with Crippen molar-refractivity contribution in [1.29, 1.82) is 0 Å². The molecule has 1 saturated carbocycles. The van der Waals surface area contributed by atoms with E-state index in [4.69, 9.17) is 4.74 Å². The van der Waals surface area contributed by atoms with Crippen molar-refractivity contribution in [1.82, 2.24) is 9.88 Å². The van der Waals surface area contributed by atoms with Gasteiger partial charge in [0.05, 0.1) is 19.1 Å². The van der Waals surface area contributed by atoms with E-state index in [1.54, 1.807) is 25.0 Å². The van der Waals surface area contributed by atoms with Gasteiger partial charge in [0, 0.05) is 11.4 Å². The number of halogens is 1. The Bertz CT molecular complexity index is 1190. The number of carboxylic acids is 1. The van der Waals surface area contributed by atoms with E-state index in [-0.39, 0.29) is 24.0 Å². The van der Waals surface area contributed by atoms with Gasteiger partial charge in [0.25, 0.3) is 0 Å². The van der Waals surface area contributed by atoms with Crippen molar-refractivity contribution >= 4 is 23.2 Å². The Morgan fingerprint density at radius 1 is 1.21 bits per heavy atom. The number of amides is 1. The van der Waals surface area contributed by atoms with Crippen molar-refractivity contribution in [3.63, 3.8) is 0 Å². The van der Waals surface area contributed by atoms with Gasteiger partial charge in [-0.2, -0.15) is 0 Å². The number of hydrogen-bond donors (Lipinski definition) is 1. The molecule has 0 atom stereocenters. The second-order valence-electron chi connectivity index (χ2n) is 8.59. The van der Waals surface area contributed by atoms with Gasteiger partial charge in [-0.1, -0.05) is 24.3 Å². The summed E-state index contributed by atoms with van der Waals surface area (Å²) in [5, 5.41) is 9.96. The number of nitrogens with zero attached hydrogens (tertiary/aromatic N) is 2. The number of hydrogen-bond acceptors (Lipinski definition) is 5. The minimum absolute atomic E-state index is 0.0154. The summed E-state index contributed by atoms with van der Waals surface area (Å²) < 4.78 is 18.8. The van der Waals surface area contributed by atoms with E-state index in [9.17, 15) is 19.1 Å². The summed E-state index contributed by atoms with van der Waals surface area (Å²) >= 11 is 1.30. The number of aromatic carboxylic acids is 1. The normalized spacial score (nSPS) is 14.0. The zero-order chi connectivity index (χ0) is 24.3. The maximum Gasteiger partial charge on any atom is 0.355 e. The first kappa shape index (κ1) is 23.9. The fourth-order valence-electron chi connectivity index (χ4n) is 4.26. The molecule has 0 unspecified atom stereocenters. The van der Waals surface area contributed by atoms with Crippen molar-refractivity contribution < 1.29 is 23.8 Å². The summed E-state index contributed by atoms with van der Waals surface area (Å²) in [5.74, 6) is -0.595. The highest BCUT2D eigenvalue weighted by atomic mass is 32.1. The summed E-state index contributed by atoms with van der Waals surface area (Å²) in [7, 11) is 1.61. The fourth-order valence-corrected chi connectivity index (χ4v) is 5.20. The lowest BCUT2D eigenvalue weighted by Crippen LogP contribution is -2.39. The van der Waals surface area contributed by atoms with Crippen LogP contribution in [0.3, 0.4) is 0 Å². The Morgan fingerprint density at radius 2 is 1.94 bits per heavy atom. The van der Waals surface area contributed by atoms with Crippen LogP contribution in [0.1, 0.15) is 50.8 Å². The van der Waals surface area contributed by atoms with Crippen molar-refractivity contribution in [2.24, 2.45) is 0 Å². The molecule has 3 aromatic rings. The van der Waals surface area contributed by atoms with E-state index in [1.807, 2.05) is 30.3 Å². The molecular weight excluding hydrogens is 455 g/mol. The highest BCUT2D eigenvalue weighted by Crippen LogP contribution is 2.50. The Hall–Kier alpha value is -3.26. The lowest BCUT2D eigenvalue weighted by Gasteiger charge is -2.27. The van der Waals surface area contributed by atoms with Gasteiger partial charge in [-0.3, -0.25) is 4.79 Å². The van der Waals surface area contributed by atoms with Gasteiger partial charge in [-0.25, -0.2) is 14.2 Å². The number of methoxy groups -OCH3 is 1. The van der Waals surface area contributed by atoms with Crippen LogP contribution in [-0.2, 0) is 23.2 Å². The predicted octanol–water partition coefficient (Wildman–Crippen LogP) is 4.99. The van der Waals surface area contributed by atoms with Crippen LogP contribution in [0, 0.1) is 12.7 Å². The molecule has 1 amide bonds. The molecule has 1 aliphatic rings. The molecule has 1 heterocycles. The van der Waals surface area contributed by atoms with Crippen LogP contribution >= 0.6 is 11.3 Å². The molecule has 1 aromatic heterocycles. The molecule has 6 nitrogen and oxygen atoms in total. The molecule has 2 aromatic carbocycles. The number of rotatable bonds is 10.